The van der Waals surface area contributed by atoms with Crippen LogP contribution in [0, 0.1) is 0 Å². The Morgan fingerprint density at radius 3 is 1.50 bits per heavy atom. The molecular formula is C12H25ClN2Si. The van der Waals surface area contributed by atoms with Crippen LogP contribution in [0.5, 0.6) is 0 Å². The number of hydrogen-bond donors (Lipinski definition) is 1. The van der Waals surface area contributed by atoms with Gasteiger partial charge in [-0.15, -0.1) is 0 Å². The molecule has 1 aromatic heterocycles. The number of aromatic nitrogens is 2. The number of aromatic amines is 1. The van der Waals surface area contributed by atoms with Gasteiger partial charge in [-0.2, -0.15) is 11.1 Å². The van der Waals surface area contributed by atoms with E-state index in [0.717, 1.165) is 0 Å². The Morgan fingerprint density at radius 2 is 1.44 bits per heavy atom. The van der Waals surface area contributed by atoms with Crippen molar-refractivity contribution in [1.29, 1.82) is 0 Å². The minimum atomic E-state index is -1.51. The molecule has 0 saturated carbocycles. The molecule has 1 aromatic rings. The first-order valence-electron chi connectivity index (χ1n) is 5.95. The van der Waals surface area contributed by atoms with Crippen LogP contribution in [0.4, 0.5) is 0 Å². The predicted octanol–water partition coefficient (Wildman–Crippen LogP) is 4.81. The van der Waals surface area contributed by atoms with E-state index in [1.807, 2.05) is 0 Å². The van der Waals surface area contributed by atoms with Gasteiger partial charge in [-0.05, 0) is 16.6 Å². The standard InChI is InChI=1S/C9H21ClSi.C3H4N2/c1-7(2)11(10,8(3)4)9(5)6;1-2-5-3-4-1/h7-9H,1-6H3;1-3H,(H,4,5). The lowest BCUT2D eigenvalue weighted by atomic mass is 10.5. The van der Waals surface area contributed by atoms with Crippen molar-refractivity contribution in [2.45, 2.75) is 58.2 Å². The number of nitrogens with zero attached hydrogens (tertiary/aromatic N) is 1. The van der Waals surface area contributed by atoms with Crippen molar-refractivity contribution in [3.05, 3.63) is 18.7 Å². The van der Waals surface area contributed by atoms with E-state index in [0.29, 0.717) is 16.6 Å². The Morgan fingerprint density at radius 1 is 1.00 bits per heavy atom. The number of hydrogen-bond acceptors (Lipinski definition) is 1. The van der Waals surface area contributed by atoms with Gasteiger partial charge in [0.2, 0.25) is 0 Å². The highest BCUT2D eigenvalue weighted by atomic mass is 35.6. The van der Waals surface area contributed by atoms with Gasteiger partial charge in [0.15, 0.2) is 7.38 Å². The van der Waals surface area contributed by atoms with Crippen molar-refractivity contribution in [3.8, 4) is 0 Å². The van der Waals surface area contributed by atoms with E-state index in [1.54, 1.807) is 18.7 Å². The Kier molecular flexibility index (Phi) is 7.00. The molecule has 2 nitrogen and oxygen atoms in total. The van der Waals surface area contributed by atoms with Gasteiger partial charge in [-0.25, -0.2) is 4.98 Å². The maximum atomic E-state index is 6.68. The molecule has 0 spiro atoms. The van der Waals surface area contributed by atoms with E-state index < -0.39 is 7.38 Å². The molecule has 0 radical (unpaired) electrons. The molecule has 0 amide bonds. The fraction of sp³-hybridized carbons (Fsp3) is 0.750. The minimum Gasteiger partial charge on any atom is -0.351 e. The Labute approximate surface area is 106 Å². The number of H-pyrrole nitrogens is 1. The lowest BCUT2D eigenvalue weighted by Crippen LogP contribution is -2.37. The summed E-state index contributed by atoms with van der Waals surface area (Å²) in [5.74, 6) is 0. The van der Waals surface area contributed by atoms with Gasteiger partial charge in [0.1, 0.15) is 0 Å². The fourth-order valence-corrected chi connectivity index (χ4v) is 6.22. The first-order chi connectivity index (χ1) is 7.33. The van der Waals surface area contributed by atoms with Crippen LogP contribution in [0.2, 0.25) is 16.6 Å². The molecule has 94 valence electrons. The molecule has 0 aliphatic heterocycles. The quantitative estimate of drug-likeness (QED) is 0.613. The zero-order valence-electron chi connectivity index (χ0n) is 11.3. The summed E-state index contributed by atoms with van der Waals surface area (Å²) in [6.07, 6.45) is 5.08. The SMILES string of the molecule is CC(C)[Si](Cl)(C(C)C)C(C)C.c1c[nH]cn1. The first kappa shape index (κ1) is 15.7. The van der Waals surface area contributed by atoms with Gasteiger partial charge in [-0.3, -0.25) is 0 Å². The van der Waals surface area contributed by atoms with Crippen LogP contribution in [0.25, 0.3) is 0 Å². The third-order valence-electron chi connectivity index (χ3n) is 3.06. The maximum Gasteiger partial charge on any atom is 0.164 e. The molecular weight excluding hydrogens is 236 g/mol. The highest BCUT2D eigenvalue weighted by molar-refractivity contribution is 7.22. The van der Waals surface area contributed by atoms with Gasteiger partial charge < -0.3 is 4.98 Å². The van der Waals surface area contributed by atoms with E-state index in [9.17, 15) is 0 Å². The molecule has 0 fully saturated rings. The van der Waals surface area contributed by atoms with Crippen LogP contribution < -0.4 is 0 Å². The van der Waals surface area contributed by atoms with E-state index in [4.69, 9.17) is 11.1 Å². The van der Waals surface area contributed by atoms with Crippen LogP contribution in [-0.4, -0.2) is 17.4 Å². The smallest absolute Gasteiger partial charge is 0.164 e. The second-order valence-corrected chi connectivity index (χ2v) is 12.1. The van der Waals surface area contributed by atoms with Crippen molar-refractivity contribution in [3.63, 3.8) is 0 Å². The molecule has 0 saturated heterocycles. The molecule has 1 rings (SSSR count). The summed E-state index contributed by atoms with van der Waals surface area (Å²) < 4.78 is 0. The Hall–Kier alpha value is -0.283. The van der Waals surface area contributed by atoms with E-state index in [2.05, 4.69) is 51.5 Å². The molecule has 1 heterocycles. The highest BCUT2D eigenvalue weighted by Gasteiger charge is 2.40. The zero-order valence-corrected chi connectivity index (χ0v) is 13.0. The summed E-state index contributed by atoms with van der Waals surface area (Å²) >= 11 is 6.68. The zero-order chi connectivity index (χ0) is 12.8. The third-order valence-corrected chi connectivity index (χ3v) is 12.3. The monoisotopic (exact) mass is 260 g/mol. The van der Waals surface area contributed by atoms with Crippen LogP contribution in [0.1, 0.15) is 41.5 Å². The lowest BCUT2D eigenvalue weighted by Gasteiger charge is -2.36. The molecule has 0 bridgehead atoms. The average molecular weight is 261 g/mol. The number of rotatable bonds is 3. The molecule has 0 aromatic carbocycles. The second kappa shape index (κ2) is 7.12. The molecule has 1 N–H and O–H groups in total. The van der Waals surface area contributed by atoms with E-state index >= 15 is 0 Å². The summed E-state index contributed by atoms with van der Waals surface area (Å²) in [6, 6.07) is 0. The molecule has 0 aliphatic carbocycles. The first-order valence-corrected chi connectivity index (χ1v) is 9.19. The van der Waals surface area contributed by atoms with Gasteiger partial charge in [-0.1, -0.05) is 41.5 Å². The molecule has 0 atom stereocenters. The Bertz CT molecular complexity index is 219. The summed E-state index contributed by atoms with van der Waals surface area (Å²) in [4.78, 5) is 6.42. The summed E-state index contributed by atoms with van der Waals surface area (Å²) in [7, 11) is -1.51. The van der Waals surface area contributed by atoms with Crippen molar-refractivity contribution >= 4 is 18.5 Å². The average Bonchev–Trinajstić information content (AvgIpc) is 2.73. The highest BCUT2D eigenvalue weighted by Crippen LogP contribution is 2.44. The topological polar surface area (TPSA) is 28.7 Å². The second-order valence-electron chi connectivity index (χ2n) is 5.05. The van der Waals surface area contributed by atoms with Crippen LogP contribution in [0.15, 0.2) is 18.7 Å². The Balaban J connectivity index is 0.000000368. The molecule has 0 unspecified atom stereocenters. The fourth-order valence-electron chi connectivity index (χ4n) is 2.22. The van der Waals surface area contributed by atoms with Crippen LogP contribution >= 0.6 is 11.1 Å². The summed E-state index contributed by atoms with van der Waals surface area (Å²) in [5, 5.41) is 0. The van der Waals surface area contributed by atoms with Gasteiger partial charge >= 0.3 is 0 Å². The van der Waals surface area contributed by atoms with Crippen molar-refractivity contribution < 1.29 is 0 Å². The number of imidazole rings is 1. The molecule has 4 heteroatoms. The van der Waals surface area contributed by atoms with Crippen LogP contribution in [-0.2, 0) is 0 Å². The number of halogens is 1. The van der Waals surface area contributed by atoms with E-state index in [1.165, 1.54) is 0 Å². The van der Waals surface area contributed by atoms with Gasteiger partial charge in [0.25, 0.3) is 0 Å². The largest absolute Gasteiger partial charge is 0.351 e. The predicted molar refractivity (Wildman–Crippen MR) is 75.5 cm³/mol. The molecule has 0 aliphatic rings. The maximum absolute atomic E-state index is 6.68. The lowest BCUT2D eigenvalue weighted by molar-refractivity contribution is 0.849. The summed E-state index contributed by atoms with van der Waals surface area (Å²) in [5.41, 5.74) is 2.05. The van der Waals surface area contributed by atoms with Crippen molar-refractivity contribution in [2.75, 3.05) is 0 Å². The van der Waals surface area contributed by atoms with Gasteiger partial charge in [0.05, 0.1) is 6.33 Å². The minimum absolute atomic E-state index is 0.684. The third kappa shape index (κ3) is 4.30. The van der Waals surface area contributed by atoms with E-state index in [-0.39, 0.29) is 0 Å². The van der Waals surface area contributed by atoms with Gasteiger partial charge in [0, 0.05) is 12.4 Å². The van der Waals surface area contributed by atoms with Crippen molar-refractivity contribution in [1.82, 2.24) is 9.97 Å². The molecule has 16 heavy (non-hydrogen) atoms. The summed E-state index contributed by atoms with van der Waals surface area (Å²) in [6.45, 7) is 13.6. The van der Waals surface area contributed by atoms with Crippen molar-refractivity contribution in [2.24, 2.45) is 0 Å². The van der Waals surface area contributed by atoms with Crippen LogP contribution in [0.3, 0.4) is 0 Å². The number of nitrogens with one attached hydrogen (secondary N) is 1. The normalized spacial score (nSPS) is 11.9.